The van der Waals surface area contributed by atoms with Gasteiger partial charge >= 0.3 is 0 Å². The zero-order chi connectivity index (χ0) is 29.3. The summed E-state index contributed by atoms with van der Waals surface area (Å²) < 4.78 is 27.0. The van der Waals surface area contributed by atoms with Gasteiger partial charge < -0.3 is 10.2 Å². The van der Waals surface area contributed by atoms with Crippen LogP contribution in [0.15, 0.2) is 34.1 Å². The van der Waals surface area contributed by atoms with E-state index in [-0.39, 0.29) is 23.3 Å². The zero-order valence-electron chi connectivity index (χ0n) is 23.9. The van der Waals surface area contributed by atoms with Crippen LogP contribution in [-0.4, -0.2) is 18.6 Å². The molecule has 6 nitrogen and oxygen atoms in total. The molecule has 2 rings (SSSR count). The first-order chi connectivity index (χ1) is 18.4. The molecule has 0 spiro atoms. The largest absolute Gasteiger partial charge is 0.507 e. The predicted octanol–water partition coefficient (Wildman–Crippen LogP) is 7.87. The Morgan fingerprint density at radius 1 is 0.769 bits per heavy atom. The summed E-state index contributed by atoms with van der Waals surface area (Å²) in [5.41, 5.74) is 3.70. The molecule has 2 aromatic carbocycles. The molecule has 7 heteroatoms. The van der Waals surface area contributed by atoms with Crippen molar-refractivity contribution in [2.24, 2.45) is 0 Å². The van der Waals surface area contributed by atoms with E-state index in [1.54, 1.807) is 36.4 Å². The fraction of sp³-hybridized carbons (Fsp3) is 0.438. The fourth-order valence-corrected chi connectivity index (χ4v) is 5.47. The Balaban J connectivity index is 2.68. The lowest BCUT2D eigenvalue weighted by Gasteiger charge is -2.16. The van der Waals surface area contributed by atoms with Gasteiger partial charge in [0.15, 0.2) is 9.81 Å². The van der Waals surface area contributed by atoms with Crippen LogP contribution in [0.5, 0.6) is 11.5 Å². The molecule has 0 unspecified atom stereocenters. The van der Waals surface area contributed by atoms with Crippen LogP contribution in [0.2, 0.25) is 0 Å². The average molecular weight is 549 g/mol. The number of nitriles is 2. The van der Waals surface area contributed by atoms with Crippen molar-refractivity contribution in [2.45, 2.75) is 91.9 Å². The number of unbranched alkanes of at least 4 members (excludes halogenated alkanes) is 2. The molecule has 0 aliphatic heterocycles. The molecule has 0 aromatic heterocycles. The standard InChI is InChI=1S/C32H40N2O4S/c1-7-9-11-25-13-23(14-26(31(25)35)12-10-8-2)15-27(19-33)39(37,38)28(20-34)16-24-17-29(21(3)4)32(36)30(18-24)22(5)6/h13-18,21-22,35-36H,7-12H2,1-6H3/b27-15+,28-16+. The summed E-state index contributed by atoms with van der Waals surface area (Å²) in [5.74, 6) is 0.347. The highest BCUT2D eigenvalue weighted by atomic mass is 32.2. The van der Waals surface area contributed by atoms with Gasteiger partial charge in [0.25, 0.3) is 0 Å². The summed E-state index contributed by atoms with van der Waals surface area (Å²) in [4.78, 5) is -1.10. The molecular formula is C32H40N2O4S. The van der Waals surface area contributed by atoms with Crippen LogP contribution < -0.4 is 0 Å². The quantitative estimate of drug-likeness (QED) is 0.260. The van der Waals surface area contributed by atoms with E-state index in [9.17, 15) is 29.2 Å². The van der Waals surface area contributed by atoms with Crippen LogP contribution in [-0.2, 0) is 22.7 Å². The van der Waals surface area contributed by atoms with Gasteiger partial charge in [-0.2, -0.15) is 10.5 Å². The maximum Gasteiger partial charge on any atom is 0.226 e. The molecule has 0 saturated carbocycles. The van der Waals surface area contributed by atoms with Crippen molar-refractivity contribution in [2.75, 3.05) is 0 Å². The molecule has 0 fully saturated rings. The van der Waals surface area contributed by atoms with Crippen molar-refractivity contribution in [1.82, 2.24) is 0 Å². The van der Waals surface area contributed by atoms with Crippen molar-refractivity contribution >= 4 is 22.0 Å². The second-order valence-electron chi connectivity index (χ2n) is 10.5. The number of hydrogen-bond donors (Lipinski definition) is 2. The lowest BCUT2D eigenvalue weighted by molar-refractivity contribution is 0.454. The number of rotatable bonds is 12. The first-order valence-corrected chi connectivity index (χ1v) is 15.1. The van der Waals surface area contributed by atoms with E-state index in [1.165, 1.54) is 12.2 Å². The first-order valence-electron chi connectivity index (χ1n) is 13.6. The maximum absolute atomic E-state index is 13.5. The lowest BCUT2D eigenvalue weighted by atomic mass is 9.91. The highest BCUT2D eigenvalue weighted by Crippen LogP contribution is 2.36. The minimum atomic E-state index is -4.43. The van der Waals surface area contributed by atoms with E-state index in [0.717, 1.165) is 25.7 Å². The van der Waals surface area contributed by atoms with Gasteiger partial charge in [0, 0.05) is 0 Å². The highest BCUT2D eigenvalue weighted by molar-refractivity contribution is 7.99. The van der Waals surface area contributed by atoms with E-state index in [2.05, 4.69) is 13.8 Å². The first kappa shape index (κ1) is 31.7. The average Bonchev–Trinajstić information content (AvgIpc) is 2.89. The fourth-order valence-electron chi connectivity index (χ4n) is 4.41. The van der Waals surface area contributed by atoms with E-state index >= 15 is 0 Å². The van der Waals surface area contributed by atoms with Crippen LogP contribution in [0.4, 0.5) is 0 Å². The second-order valence-corrected chi connectivity index (χ2v) is 12.4. The third-order valence-electron chi connectivity index (χ3n) is 6.72. The van der Waals surface area contributed by atoms with Gasteiger partial charge in [0.1, 0.15) is 23.6 Å². The summed E-state index contributed by atoms with van der Waals surface area (Å²) in [5, 5.41) is 41.2. The van der Waals surface area contributed by atoms with E-state index < -0.39 is 19.6 Å². The molecule has 0 aliphatic carbocycles. The van der Waals surface area contributed by atoms with Crippen molar-refractivity contribution < 1.29 is 18.6 Å². The molecule has 0 heterocycles. The molecule has 0 saturated heterocycles. The van der Waals surface area contributed by atoms with Gasteiger partial charge in [-0.1, -0.05) is 54.4 Å². The summed E-state index contributed by atoms with van der Waals surface area (Å²) in [6.07, 6.45) is 7.41. The third-order valence-corrected chi connectivity index (χ3v) is 8.30. The summed E-state index contributed by atoms with van der Waals surface area (Å²) in [7, 11) is -4.43. The highest BCUT2D eigenvalue weighted by Gasteiger charge is 2.25. The van der Waals surface area contributed by atoms with Gasteiger partial charge in [-0.05, 0) is 107 Å². The molecule has 0 aliphatic rings. The Hall–Kier alpha value is -3.55. The number of allylic oxidation sites excluding steroid dienone is 2. The Kier molecular flexibility index (Phi) is 11.4. The minimum absolute atomic E-state index is 0.0223. The number of aromatic hydroxyl groups is 2. The molecule has 208 valence electrons. The van der Waals surface area contributed by atoms with Crippen molar-refractivity contribution in [3.63, 3.8) is 0 Å². The van der Waals surface area contributed by atoms with Crippen LogP contribution in [0.25, 0.3) is 12.2 Å². The Labute approximate surface area is 233 Å². The van der Waals surface area contributed by atoms with Gasteiger partial charge in [0.05, 0.1) is 0 Å². The molecule has 2 N–H and O–H groups in total. The number of phenolic OH excluding ortho intramolecular Hbond substituents is 2. The predicted molar refractivity (Wildman–Crippen MR) is 158 cm³/mol. The number of aryl methyl sites for hydroxylation is 2. The van der Waals surface area contributed by atoms with Crippen LogP contribution in [0.3, 0.4) is 0 Å². The summed E-state index contributed by atoms with van der Waals surface area (Å²) in [6, 6.07) is 10.3. The number of phenols is 2. The van der Waals surface area contributed by atoms with Crippen molar-refractivity contribution in [3.05, 3.63) is 67.5 Å². The molecule has 0 amide bonds. The third kappa shape index (κ3) is 7.74. The Bertz CT molecular complexity index is 1380. The second kappa shape index (κ2) is 14.0. The Morgan fingerprint density at radius 3 is 1.49 bits per heavy atom. The van der Waals surface area contributed by atoms with E-state index in [4.69, 9.17) is 0 Å². The smallest absolute Gasteiger partial charge is 0.226 e. The summed E-state index contributed by atoms with van der Waals surface area (Å²) in [6.45, 7) is 11.8. The van der Waals surface area contributed by atoms with Gasteiger partial charge in [-0.15, -0.1) is 0 Å². The van der Waals surface area contributed by atoms with Gasteiger partial charge in [0.2, 0.25) is 9.84 Å². The van der Waals surface area contributed by atoms with Crippen LogP contribution in [0, 0.1) is 22.7 Å². The van der Waals surface area contributed by atoms with Gasteiger partial charge in [-0.3, -0.25) is 0 Å². The number of nitrogens with zero attached hydrogens (tertiary/aromatic N) is 2. The number of hydrogen-bond acceptors (Lipinski definition) is 6. The van der Waals surface area contributed by atoms with E-state index in [1.807, 2.05) is 27.7 Å². The molecule has 0 bridgehead atoms. The molecule has 0 atom stereocenters. The lowest BCUT2D eigenvalue weighted by Crippen LogP contribution is -2.06. The normalized spacial score (nSPS) is 12.6. The maximum atomic E-state index is 13.5. The van der Waals surface area contributed by atoms with Gasteiger partial charge in [-0.25, -0.2) is 8.42 Å². The monoisotopic (exact) mass is 548 g/mol. The number of benzene rings is 2. The summed E-state index contributed by atoms with van der Waals surface area (Å²) >= 11 is 0. The van der Waals surface area contributed by atoms with Crippen molar-refractivity contribution in [1.29, 1.82) is 10.5 Å². The molecule has 2 aromatic rings. The van der Waals surface area contributed by atoms with E-state index in [0.29, 0.717) is 46.2 Å². The van der Waals surface area contributed by atoms with Crippen molar-refractivity contribution in [3.8, 4) is 23.6 Å². The zero-order valence-corrected chi connectivity index (χ0v) is 24.7. The minimum Gasteiger partial charge on any atom is -0.507 e. The topological polar surface area (TPSA) is 122 Å². The molecular weight excluding hydrogens is 508 g/mol. The Morgan fingerprint density at radius 2 is 1.15 bits per heavy atom. The number of sulfone groups is 1. The molecule has 0 radical (unpaired) electrons. The SMILES string of the molecule is CCCCc1cc(/C=C(\C#N)S(=O)(=O)/C(C#N)=C/c2cc(C(C)C)c(O)c(C(C)C)c2)cc(CCCC)c1O. The van der Waals surface area contributed by atoms with Crippen LogP contribution in [0.1, 0.15) is 112 Å². The van der Waals surface area contributed by atoms with Crippen LogP contribution >= 0.6 is 0 Å². The molecule has 39 heavy (non-hydrogen) atoms.